The second kappa shape index (κ2) is 12.5. The summed E-state index contributed by atoms with van der Waals surface area (Å²) in [4.78, 5) is 17.3. The lowest BCUT2D eigenvalue weighted by Crippen LogP contribution is -2.35. The number of esters is 1. The third-order valence-corrected chi connectivity index (χ3v) is 7.11. The summed E-state index contributed by atoms with van der Waals surface area (Å²) in [6.45, 7) is 8.99. The summed E-state index contributed by atoms with van der Waals surface area (Å²) >= 11 is 0. The van der Waals surface area contributed by atoms with Crippen molar-refractivity contribution in [3.05, 3.63) is 29.8 Å². The highest BCUT2D eigenvalue weighted by atomic mass is 32.2. The van der Waals surface area contributed by atoms with Crippen LogP contribution in [0, 0.1) is 24.7 Å². The van der Waals surface area contributed by atoms with Crippen LogP contribution >= 0.6 is 0 Å². The second-order valence-electron chi connectivity index (χ2n) is 9.47. The van der Waals surface area contributed by atoms with E-state index in [1.165, 1.54) is 18.6 Å². The average molecular weight is 483 g/mol. The summed E-state index contributed by atoms with van der Waals surface area (Å²) in [6.07, 6.45) is 5.19. The summed E-state index contributed by atoms with van der Waals surface area (Å²) in [5.74, 6) is 1.59. The third kappa shape index (κ3) is 9.06. The molecule has 0 spiro atoms. The van der Waals surface area contributed by atoms with E-state index in [-0.39, 0.29) is 23.1 Å². The van der Waals surface area contributed by atoms with Crippen molar-refractivity contribution in [2.75, 3.05) is 6.54 Å². The van der Waals surface area contributed by atoms with Crippen LogP contribution in [0.25, 0.3) is 0 Å². The minimum Gasteiger partial charge on any atom is -0.462 e. The zero-order valence-corrected chi connectivity index (χ0v) is 20.9. The van der Waals surface area contributed by atoms with E-state index in [0.29, 0.717) is 37.1 Å². The molecule has 1 aliphatic heterocycles. The number of rotatable bonds is 7. The fourth-order valence-corrected chi connectivity index (χ4v) is 4.68. The van der Waals surface area contributed by atoms with Gasteiger partial charge in [-0.25, -0.2) is 0 Å². The summed E-state index contributed by atoms with van der Waals surface area (Å²) in [7, 11) is -4.02. The van der Waals surface area contributed by atoms with E-state index < -0.39 is 10.1 Å². The number of carbonyl (C=O) groups excluding carboxylic acids is 1. The molecule has 3 N–H and O–H groups in total. The molecule has 1 aliphatic carbocycles. The summed E-state index contributed by atoms with van der Waals surface area (Å²) < 4.78 is 35.3. The van der Waals surface area contributed by atoms with E-state index in [4.69, 9.17) is 19.9 Å². The van der Waals surface area contributed by atoms with Crippen LogP contribution in [-0.2, 0) is 24.5 Å². The van der Waals surface area contributed by atoms with Gasteiger partial charge in [0.1, 0.15) is 12.2 Å². The molecule has 0 bridgehead atoms. The quantitative estimate of drug-likeness (QED) is 0.442. The van der Waals surface area contributed by atoms with Crippen LogP contribution in [0.15, 0.2) is 34.3 Å². The van der Waals surface area contributed by atoms with E-state index >= 15 is 0 Å². The number of hydrogen-bond acceptors (Lipinski definition) is 7. The number of nitrogens with two attached hydrogens (primary N) is 1. The minimum absolute atomic E-state index is 0.0180. The molecule has 0 aromatic heterocycles. The molecule has 3 rings (SSSR count). The van der Waals surface area contributed by atoms with Crippen LogP contribution < -0.4 is 5.73 Å². The molecule has 33 heavy (non-hydrogen) atoms. The Hall–Kier alpha value is -1.97. The van der Waals surface area contributed by atoms with Crippen molar-refractivity contribution in [2.24, 2.45) is 28.6 Å². The van der Waals surface area contributed by atoms with Crippen molar-refractivity contribution in [1.29, 1.82) is 0 Å². The topological polar surface area (TPSA) is 128 Å². The molecular formula is C24H38N2O6S. The molecule has 0 amide bonds. The standard InChI is InChI=1S/C17H30N2O3.C7H8O3S/c1-11(2)15-6-4-12(3)8-16(15)21-17(20)7-5-13-9-14(10-18)22-19-13;1-6-2-4-7(5-3-6)11(8,9)10/h11-12,14-16H,4-10,18H2,1-3H3;2-5H,1H3,(H,8,9,10)/t12?,14-,15-,16+;/m1./s1. The van der Waals surface area contributed by atoms with Gasteiger partial charge in [-0.15, -0.1) is 0 Å². The first-order chi connectivity index (χ1) is 15.5. The molecule has 1 unspecified atom stereocenters. The van der Waals surface area contributed by atoms with Gasteiger partial charge in [-0.2, -0.15) is 8.42 Å². The van der Waals surface area contributed by atoms with E-state index in [2.05, 4.69) is 25.9 Å². The molecule has 186 valence electrons. The van der Waals surface area contributed by atoms with E-state index in [1.54, 1.807) is 12.1 Å². The number of nitrogens with zero attached hydrogens (tertiary/aromatic N) is 1. The van der Waals surface area contributed by atoms with Gasteiger partial charge in [-0.3, -0.25) is 9.35 Å². The highest BCUT2D eigenvalue weighted by Gasteiger charge is 2.33. The molecule has 2 aliphatic rings. The van der Waals surface area contributed by atoms with E-state index in [9.17, 15) is 13.2 Å². The van der Waals surface area contributed by atoms with Gasteiger partial charge in [0.15, 0.2) is 0 Å². The van der Waals surface area contributed by atoms with Crippen molar-refractivity contribution >= 4 is 21.8 Å². The van der Waals surface area contributed by atoms with Crippen molar-refractivity contribution in [3.63, 3.8) is 0 Å². The Morgan fingerprint density at radius 3 is 2.48 bits per heavy atom. The fraction of sp³-hybridized carbons (Fsp3) is 0.667. The largest absolute Gasteiger partial charge is 0.462 e. The first kappa shape index (κ1) is 27.3. The Morgan fingerprint density at radius 1 is 1.27 bits per heavy atom. The van der Waals surface area contributed by atoms with E-state index in [1.807, 2.05) is 6.92 Å². The lowest BCUT2D eigenvalue weighted by atomic mass is 9.75. The smallest absolute Gasteiger partial charge is 0.306 e. The van der Waals surface area contributed by atoms with Gasteiger partial charge in [-0.05, 0) is 56.1 Å². The molecule has 0 radical (unpaired) electrons. The maximum Gasteiger partial charge on any atom is 0.306 e. The summed E-state index contributed by atoms with van der Waals surface area (Å²) in [5.41, 5.74) is 7.42. The first-order valence-corrected chi connectivity index (χ1v) is 13.1. The minimum atomic E-state index is -4.02. The van der Waals surface area contributed by atoms with Crippen LogP contribution in [0.3, 0.4) is 0 Å². The molecule has 1 saturated carbocycles. The number of benzene rings is 1. The number of carbonyl (C=O) groups is 1. The molecular weight excluding hydrogens is 444 g/mol. The molecule has 0 saturated heterocycles. The van der Waals surface area contributed by atoms with Crippen LogP contribution in [0.4, 0.5) is 0 Å². The number of aryl methyl sites for hydroxylation is 1. The summed E-state index contributed by atoms with van der Waals surface area (Å²) in [5, 5.41) is 3.99. The van der Waals surface area contributed by atoms with Crippen LogP contribution in [0.2, 0.25) is 0 Å². The fourth-order valence-electron chi connectivity index (χ4n) is 4.20. The highest BCUT2D eigenvalue weighted by molar-refractivity contribution is 7.85. The van der Waals surface area contributed by atoms with Crippen molar-refractivity contribution < 1.29 is 27.3 Å². The summed E-state index contributed by atoms with van der Waals surface area (Å²) in [6, 6.07) is 5.99. The highest BCUT2D eigenvalue weighted by Crippen LogP contribution is 2.35. The van der Waals surface area contributed by atoms with Crippen LogP contribution in [-0.4, -0.2) is 43.4 Å². The molecule has 4 atom stereocenters. The van der Waals surface area contributed by atoms with Gasteiger partial charge in [0, 0.05) is 13.0 Å². The van der Waals surface area contributed by atoms with Crippen molar-refractivity contribution in [1.82, 2.24) is 0 Å². The molecule has 1 aromatic rings. The lowest BCUT2D eigenvalue weighted by molar-refractivity contribution is -0.155. The van der Waals surface area contributed by atoms with Gasteiger partial charge >= 0.3 is 5.97 Å². The predicted octanol–water partition coefficient (Wildman–Crippen LogP) is 4.12. The Labute approximate surface area is 197 Å². The monoisotopic (exact) mass is 482 g/mol. The average Bonchev–Trinajstić information content (AvgIpc) is 3.20. The number of hydrogen-bond donors (Lipinski definition) is 2. The Bertz CT molecular complexity index is 898. The Balaban J connectivity index is 0.000000294. The number of ether oxygens (including phenoxy) is 1. The maximum atomic E-state index is 12.2. The zero-order chi connectivity index (χ0) is 24.6. The van der Waals surface area contributed by atoms with Gasteiger partial charge in [0.05, 0.1) is 17.0 Å². The van der Waals surface area contributed by atoms with Gasteiger partial charge in [-0.1, -0.05) is 50.0 Å². The molecule has 1 fully saturated rings. The second-order valence-corrected chi connectivity index (χ2v) is 10.9. The normalized spacial score (nSPS) is 25.0. The van der Waals surface area contributed by atoms with Crippen molar-refractivity contribution in [3.8, 4) is 0 Å². The lowest BCUT2D eigenvalue weighted by Gasteiger charge is -2.36. The van der Waals surface area contributed by atoms with Gasteiger partial charge in [0.25, 0.3) is 10.1 Å². The van der Waals surface area contributed by atoms with Gasteiger partial charge in [0.2, 0.25) is 0 Å². The van der Waals surface area contributed by atoms with Crippen LogP contribution in [0.5, 0.6) is 0 Å². The van der Waals surface area contributed by atoms with Crippen molar-refractivity contribution in [2.45, 2.75) is 83.3 Å². The number of oxime groups is 1. The Morgan fingerprint density at radius 2 is 1.94 bits per heavy atom. The first-order valence-electron chi connectivity index (χ1n) is 11.6. The van der Waals surface area contributed by atoms with E-state index in [0.717, 1.165) is 30.5 Å². The predicted molar refractivity (Wildman–Crippen MR) is 127 cm³/mol. The Kier molecular flexibility index (Phi) is 10.3. The molecule has 1 aromatic carbocycles. The molecule has 8 nitrogen and oxygen atoms in total. The molecule has 9 heteroatoms. The molecule has 1 heterocycles. The SMILES string of the molecule is CC1CC[C@H](C(C)C)[C@@H](OC(=O)CCC2=NO[C@@H](CN)C2)C1.Cc1ccc(S(=O)(=O)O)cc1. The third-order valence-electron chi connectivity index (χ3n) is 6.24. The maximum absolute atomic E-state index is 12.2. The van der Waals surface area contributed by atoms with Crippen LogP contribution in [0.1, 0.15) is 64.9 Å². The zero-order valence-electron chi connectivity index (χ0n) is 20.1. The van der Waals surface area contributed by atoms with Gasteiger partial charge < -0.3 is 15.3 Å².